The normalized spacial score (nSPS) is 23.1. The van der Waals surface area contributed by atoms with Crippen LogP contribution in [0.1, 0.15) is 31.9 Å². The molecular formula is C20H21NO3. The molecule has 2 atom stereocenters. The molecule has 0 unspecified atom stereocenters. The van der Waals surface area contributed by atoms with Gasteiger partial charge in [0.2, 0.25) is 5.91 Å². The van der Waals surface area contributed by atoms with E-state index >= 15 is 0 Å². The largest absolute Gasteiger partial charge is 0.481 e. The van der Waals surface area contributed by atoms with Gasteiger partial charge >= 0.3 is 5.97 Å². The molecule has 0 aromatic heterocycles. The van der Waals surface area contributed by atoms with Gasteiger partial charge in [-0.1, -0.05) is 62.4 Å². The van der Waals surface area contributed by atoms with E-state index in [0.717, 1.165) is 11.3 Å². The maximum absolute atomic E-state index is 12.9. The third-order valence-corrected chi connectivity index (χ3v) is 4.75. The molecule has 0 bridgehead atoms. The number of hydrogen-bond donors (Lipinski definition) is 1. The molecule has 1 aliphatic heterocycles. The topological polar surface area (TPSA) is 57.6 Å². The molecule has 0 aliphatic carbocycles. The second-order valence-corrected chi connectivity index (χ2v) is 6.94. The van der Waals surface area contributed by atoms with Crippen LogP contribution in [0.4, 0.5) is 5.69 Å². The Bertz CT molecular complexity index is 740. The zero-order chi connectivity index (χ0) is 17.3. The standard InChI is InChI=1S/C20H21NO3/c1-20(2)13-16(22)21(15-11-7-4-8-12-15)18(17(20)19(23)24)14-9-5-3-6-10-14/h3-12,17-18H,13H2,1-2H3,(H,23,24)/t17-,18+/m1/s1. The first kappa shape index (κ1) is 16.2. The van der Waals surface area contributed by atoms with E-state index in [9.17, 15) is 14.7 Å². The Kier molecular flexibility index (Phi) is 4.14. The van der Waals surface area contributed by atoms with Crippen LogP contribution >= 0.6 is 0 Å². The predicted molar refractivity (Wildman–Crippen MR) is 92.6 cm³/mol. The molecule has 1 aliphatic rings. The van der Waals surface area contributed by atoms with Crippen molar-refractivity contribution in [3.8, 4) is 0 Å². The number of carboxylic acids is 1. The van der Waals surface area contributed by atoms with Crippen molar-refractivity contribution >= 4 is 17.6 Å². The van der Waals surface area contributed by atoms with E-state index in [2.05, 4.69) is 0 Å². The number of carbonyl (C=O) groups excluding carboxylic acids is 1. The van der Waals surface area contributed by atoms with Crippen LogP contribution in [0.2, 0.25) is 0 Å². The van der Waals surface area contributed by atoms with Crippen LogP contribution in [0.25, 0.3) is 0 Å². The summed E-state index contributed by atoms with van der Waals surface area (Å²) in [5, 5.41) is 9.92. The Labute approximate surface area is 141 Å². The first-order valence-corrected chi connectivity index (χ1v) is 8.07. The number of aliphatic carboxylic acids is 1. The maximum atomic E-state index is 12.9. The number of carbonyl (C=O) groups is 2. The minimum atomic E-state index is -0.873. The molecule has 24 heavy (non-hydrogen) atoms. The summed E-state index contributed by atoms with van der Waals surface area (Å²) in [4.78, 5) is 26.6. The van der Waals surface area contributed by atoms with Crippen LogP contribution < -0.4 is 4.90 Å². The Balaban J connectivity index is 2.18. The van der Waals surface area contributed by atoms with Gasteiger partial charge in [0.1, 0.15) is 0 Å². The van der Waals surface area contributed by atoms with E-state index in [4.69, 9.17) is 0 Å². The molecule has 2 aromatic carbocycles. The number of piperidine rings is 1. The van der Waals surface area contributed by atoms with Crippen molar-refractivity contribution < 1.29 is 14.7 Å². The smallest absolute Gasteiger partial charge is 0.309 e. The van der Waals surface area contributed by atoms with Crippen molar-refractivity contribution in [3.63, 3.8) is 0 Å². The van der Waals surface area contributed by atoms with Gasteiger partial charge in [-0.3, -0.25) is 9.59 Å². The van der Waals surface area contributed by atoms with Gasteiger partial charge in [0.25, 0.3) is 0 Å². The van der Waals surface area contributed by atoms with Gasteiger partial charge in [0.15, 0.2) is 0 Å². The predicted octanol–water partition coefficient (Wildman–Crippen LogP) is 3.89. The zero-order valence-corrected chi connectivity index (χ0v) is 13.8. The molecule has 1 amide bonds. The van der Waals surface area contributed by atoms with E-state index < -0.39 is 23.3 Å². The number of carboxylic acid groups (broad SMARTS) is 1. The van der Waals surface area contributed by atoms with Crippen molar-refractivity contribution in [3.05, 3.63) is 66.2 Å². The SMILES string of the molecule is CC1(C)CC(=O)N(c2ccccc2)[C@@H](c2ccccc2)[C@@H]1C(=O)O. The average molecular weight is 323 g/mol. The van der Waals surface area contributed by atoms with Crippen LogP contribution in [-0.4, -0.2) is 17.0 Å². The van der Waals surface area contributed by atoms with Gasteiger partial charge < -0.3 is 10.0 Å². The molecule has 1 saturated heterocycles. The van der Waals surface area contributed by atoms with Gasteiger partial charge in [-0.15, -0.1) is 0 Å². The highest BCUT2D eigenvalue weighted by Crippen LogP contribution is 2.48. The molecule has 4 nitrogen and oxygen atoms in total. The van der Waals surface area contributed by atoms with Gasteiger partial charge in [-0.05, 0) is 23.1 Å². The molecule has 2 aromatic rings. The first-order valence-electron chi connectivity index (χ1n) is 8.07. The number of para-hydroxylation sites is 1. The number of rotatable bonds is 3. The maximum Gasteiger partial charge on any atom is 0.309 e. The third kappa shape index (κ3) is 2.80. The molecule has 1 N–H and O–H groups in total. The summed E-state index contributed by atoms with van der Waals surface area (Å²) in [7, 11) is 0. The Morgan fingerprint density at radius 3 is 2.12 bits per heavy atom. The van der Waals surface area contributed by atoms with Crippen molar-refractivity contribution in [2.75, 3.05) is 4.90 Å². The van der Waals surface area contributed by atoms with Crippen molar-refractivity contribution in [2.24, 2.45) is 11.3 Å². The summed E-state index contributed by atoms with van der Waals surface area (Å²) >= 11 is 0. The highest BCUT2D eigenvalue weighted by atomic mass is 16.4. The summed E-state index contributed by atoms with van der Waals surface area (Å²) in [6.07, 6.45) is 0.211. The van der Waals surface area contributed by atoms with E-state index in [0.29, 0.717) is 0 Å². The number of amides is 1. The van der Waals surface area contributed by atoms with E-state index in [1.54, 1.807) is 4.90 Å². The number of anilines is 1. The summed E-state index contributed by atoms with van der Waals surface area (Å²) in [6, 6.07) is 18.2. The number of benzene rings is 2. The second kappa shape index (κ2) is 6.11. The first-order chi connectivity index (χ1) is 11.4. The minimum Gasteiger partial charge on any atom is -0.481 e. The van der Waals surface area contributed by atoms with E-state index in [1.165, 1.54) is 0 Å². The highest BCUT2D eigenvalue weighted by Gasteiger charge is 2.51. The lowest BCUT2D eigenvalue weighted by atomic mass is 9.67. The molecule has 0 saturated carbocycles. The molecule has 3 rings (SSSR count). The van der Waals surface area contributed by atoms with Crippen LogP contribution in [0.3, 0.4) is 0 Å². The van der Waals surface area contributed by atoms with Crippen molar-refractivity contribution in [1.82, 2.24) is 0 Å². The van der Waals surface area contributed by atoms with Crippen LogP contribution in [0.15, 0.2) is 60.7 Å². The lowest BCUT2D eigenvalue weighted by Crippen LogP contribution is -2.53. The van der Waals surface area contributed by atoms with Gasteiger partial charge in [-0.2, -0.15) is 0 Å². The summed E-state index contributed by atoms with van der Waals surface area (Å²) in [5.41, 5.74) is 0.960. The Morgan fingerprint density at radius 1 is 1.04 bits per heavy atom. The van der Waals surface area contributed by atoms with Crippen LogP contribution in [0.5, 0.6) is 0 Å². The fourth-order valence-electron chi connectivity index (χ4n) is 3.67. The van der Waals surface area contributed by atoms with E-state index in [-0.39, 0.29) is 12.3 Å². The summed E-state index contributed by atoms with van der Waals surface area (Å²) < 4.78 is 0. The number of nitrogens with zero attached hydrogens (tertiary/aromatic N) is 1. The minimum absolute atomic E-state index is 0.0439. The highest BCUT2D eigenvalue weighted by molar-refractivity contribution is 5.97. The van der Waals surface area contributed by atoms with Crippen LogP contribution in [-0.2, 0) is 9.59 Å². The molecule has 0 radical (unpaired) electrons. The Hall–Kier alpha value is -2.62. The lowest BCUT2D eigenvalue weighted by Gasteiger charge is -2.47. The summed E-state index contributed by atoms with van der Waals surface area (Å²) in [6.45, 7) is 3.73. The number of hydrogen-bond acceptors (Lipinski definition) is 2. The van der Waals surface area contributed by atoms with Crippen LogP contribution in [0, 0.1) is 11.3 Å². The molecule has 1 fully saturated rings. The molecule has 4 heteroatoms. The van der Waals surface area contributed by atoms with E-state index in [1.807, 2.05) is 74.5 Å². The van der Waals surface area contributed by atoms with Gasteiger partial charge in [0, 0.05) is 12.1 Å². The lowest BCUT2D eigenvalue weighted by molar-refractivity contribution is -0.150. The zero-order valence-electron chi connectivity index (χ0n) is 13.8. The quantitative estimate of drug-likeness (QED) is 0.932. The summed E-state index contributed by atoms with van der Waals surface area (Å²) in [5.74, 6) is -1.60. The van der Waals surface area contributed by atoms with Gasteiger partial charge in [-0.25, -0.2) is 0 Å². The van der Waals surface area contributed by atoms with Crippen molar-refractivity contribution in [2.45, 2.75) is 26.3 Å². The second-order valence-electron chi connectivity index (χ2n) is 6.94. The molecule has 0 spiro atoms. The molecular weight excluding hydrogens is 302 g/mol. The monoisotopic (exact) mass is 323 g/mol. The average Bonchev–Trinajstić information content (AvgIpc) is 2.54. The van der Waals surface area contributed by atoms with Crippen molar-refractivity contribution in [1.29, 1.82) is 0 Å². The molecule has 124 valence electrons. The molecule has 1 heterocycles. The fraction of sp³-hybridized carbons (Fsp3) is 0.300. The third-order valence-electron chi connectivity index (χ3n) is 4.75. The van der Waals surface area contributed by atoms with Gasteiger partial charge in [0.05, 0.1) is 12.0 Å². The Morgan fingerprint density at radius 2 is 1.58 bits per heavy atom. The fourth-order valence-corrected chi connectivity index (χ4v) is 3.67.